The van der Waals surface area contributed by atoms with Crippen LogP contribution in [-0.4, -0.2) is 36.3 Å². The summed E-state index contributed by atoms with van der Waals surface area (Å²) in [6, 6.07) is 9.88. The van der Waals surface area contributed by atoms with Gasteiger partial charge in [-0.2, -0.15) is 0 Å². The first-order chi connectivity index (χ1) is 11.5. The van der Waals surface area contributed by atoms with Crippen LogP contribution in [0.3, 0.4) is 0 Å². The number of benzene rings is 2. The summed E-state index contributed by atoms with van der Waals surface area (Å²) in [5.41, 5.74) is 1.35. The lowest BCUT2D eigenvalue weighted by Crippen LogP contribution is -2.26. The number of thioether (sulfide) groups is 1. The van der Waals surface area contributed by atoms with Gasteiger partial charge in [-0.3, -0.25) is 4.79 Å². The Hall–Kier alpha value is -2.05. The molecule has 1 amide bonds. The van der Waals surface area contributed by atoms with Crippen molar-refractivity contribution in [3.05, 3.63) is 58.9 Å². The summed E-state index contributed by atoms with van der Waals surface area (Å²) >= 11 is 1.59. The van der Waals surface area contributed by atoms with Gasteiger partial charge in [0.1, 0.15) is 11.6 Å². The highest BCUT2D eigenvalue weighted by atomic mass is 32.2. The fourth-order valence-electron chi connectivity index (χ4n) is 2.35. The third kappa shape index (κ3) is 4.07. The molecule has 0 heterocycles. The Bertz CT molecular complexity index is 736. The van der Waals surface area contributed by atoms with Crippen LogP contribution in [0, 0.1) is 5.82 Å². The Morgan fingerprint density at radius 3 is 2.62 bits per heavy atom. The number of methoxy groups -OCH3 is 1. The minimum atomic E-state index is -0.581. The van der Waals surface area contributed by atoms with Crippen LogP contribution in [0.25, 0.3) is 0 Å². The maximum absolute atomic E-state index is 13.7. The molecule has 128 valence electrons. The summed E-state index contributed by atoms with van der Waals surface area (Å²) in [7, 11) is 3.27. The molecule has 0 aliphatic heterocycles. The zero-order chi connectivity index (χ0) is 17.7. The number of hydrogen-bond donors (Lipinski definition) is 1. The summed E-state index contributed by atoms with van der Waals surface area (Å²) < 4.78 is 19.1. The molecular formula is C18H20FNO3S. The molecule has 0 radical (unpaired) electrons. The molecule has 0 fully saturated rings. The molecule has 0 bridgehead atoms. The maximum Gasteiger partial charge on any atom is 0.253 e. The van der Waals surface area contributed by atoms with Gasteiger partial charge in [0.2, 0.25) is 0 Å². The van der Waals surface area contributed by atoms with Crippen molar-refractivity contribution >= 4 is 17.7 Å². The van der Waals surface area contributed by atoms with E-state index in [9.17, 15) is 9.18 Å². The second-order valence-electron chi connectivity index (χ2n) is 5.31. The Balaban J connectivity index is 2.15. The zero-order valence-corrected chi connectivity index (χ0v) is 14.7. The molecule has 0 atom stereocenters. The van der Waals surface area contributed by atoms with Gasteiger partial charge in [-0.1, -0.05) is 12.1 Å². The fourth-order valence-corrected chi connectivity index (χ4v) is 2.90. The molecule has 0 aromatic heterocycles. The van der Waals surface area contributed by atoms with Crippen LogP contribution in [0.1, 0.15) is 21.5 Å². The van der Waals surface area contributed by atoms with Crippen LogP contribution in [0.2, 0.25) is 0 Å². The number of rotatable bonds is 6. The SMILES string of the molecule is COc1cc(CN(C)C(=O)c2ccc(CO)c(F)c2)ccc1SC. The van der Waals surface area contributed by atoms with Crippen molar-refractivity contribution in [1.82, 2.24) is 4.90 Å². The highest BCUT2D eigenvalue weighted by Crippen LogP contribution is 2.28. The van der Waals surface area contributed by atoms with E-state index in [1.165, 1.54) is 17.0 Å². The third-order valence-electron chi connectivity index (χ3n) is 3.68. The van der Waals surface area contributed by atoms with E-state index in [1.807, 2.05) is 24.5 Å². The normalized spacial score (nSPS) is 10.5. The maximum atomic E-state index is 13.7. The minimum Gasteiger partial charge on any atom is -0.496 e. The van der Waals surface area contributed by atoms with Crippen molar-refractivity contribution in [2.24, 2.45) is 0 Å². The van der Waals surface area contributed by atoms with E-state index in [0.29, 0.717) is 6.54 Å². The van der Waals surface area contributed by atoms with Crippen LogP contribution in [0.5, 0.6) is 5.75 Å². The Morgan fingerprint density at radius 1 is 1.29 bits per heavy atom. The summed E-state index contributed by atoms with van der Waals surface area (Å²) in [6.45, 7) is -0.00898. The van der Waals surface area contributed by atoms with Crippen molar-refractivity contribution in [3.63, 3.8) is 0 Å². The van der Waals surface area contributed by atoms with Gasteiger partial charge in [0.05, 0.1) is 13.7 Å². The molecule has 6 heteroatoms. The van der Waals surface area contributed by atoms with Gasteiger partial charge in [0.15, 0.2) is 0 Å². The molecule has 0 aliphatic carbocycles. The van der Waals surface area contributed by atoms with Crippen LogP contribution >= 0.6 is 11.8 Å². The van der Waals surface area contributed by atoms with Crippen molar-refractivity contribution in [3.8, 4) is 5.75 Å². The van der Waals surface area contributed by atoms with E-state index in [4.69, 9.17) is 9.84 Å². The fraction of sp³-hybridized carbons (Fsp3) is 0.278. The van der Waals surface area contributed by atoms with E-state index in [0.717, 1.165) is 22.3 Å². The van der Waals surface area contributed by atoms with E-state index in [-0.39, 0.29) is 17.0 Å². The van der Waals surface area contributed by atoms with Gasteiger partial charge in [-0.05, 0) is 36.1 Å². The van der Waals surface area contributed by atoms with E-state index in [2.05, 4.69) is 0 Å². The first-order valence-electron chi connectivity index (χ1n) is 7.35. The Labute approximate surface area is 145 Å². The molecule has 0 saturated carbocycles. The summed E-state index contributed by atoms with van der Waals surface area (Å²) in [6.07, 6.45) is 1.97. The van der Waals surface area contributed by atoms with Crippen molar-refractivity contribution in [2.75, 3.05) is 20.4 Å². The lowest BCUT2D eigenvalue weighted by atomic mass is 10.1. The number of nitrogens with zero attached hydrogens (tertiary/aromatic N) is 1. The minimum absolute atomic E-state index is 0.173. The molecule has 2 aromatic carbocycles. The number of carbonyl (C=O) groups excluding carboxylic acids is 1. The van der Waals surface area contributed by atoms with Crippen molar-refractivity contribution in [2.45, 2.75) is 18.0 Å². The van der Waals surface area contributed by atoms with Gasteiger partial charge in [-0.15, -0.1) is 11.8 Å². The van der Waals surface area contributed by atoms with Crippen LogP contribution in [0.15, 0.2) is 41.3 Å². The van der Waals surface area contributed by atoms with Crippen molar-refractivity contribution in [1.29, 1.82) is 0 Å². The molecule has 0 unspecified atom stereocenters. The number of amides is 1. The molecule has 2 rings (SSSR count). The molecule has 4 nitrogen and oxygen atoms in total. The summed E-state index contributed by atoms with van der Waals surface area (Å²) in [4.78, 5) is 15.0. The monoisotopic (exact) mass is 349 g/mol. The number of halogens is 1. The van der Waals surface area contributed by atoms with Gasteiger partial charge < -0.3 is 14.7 Å². The van der Waals surface area contributed by atoms with E-state index >= 15 is 0 Å². The molecule has 0 spiro atoms. The summed E-state index contributed by atoms with van der Waals surface area (Å²) in [5, 5.41) is 9.00. The smallest absolute Gasteiger partial charge is 0.253 e. The molecule has 24 heavy (non-hydrogen) atoms. The number of carbonyl (C=O) groups is 1. The molecule has 1 N–H and O–H groups in total. The average molecular weight is 349 g/mol. The van der Waals surface area contributed by atoms with Gasteiger partial charge in [0, 0.05) is 29.6 Å². The van der Waals surface area contributed by atoms with Gasteiger partial charge in [-0.25, -0.2) is 4.39 Å². The van der Waals surface area contributed by atoms with Gasteiger partial charge >= 0.3 is 0 Å². The van der Waals surface area contributed by atoms with Crippen LogP contribution in [-0.2, 0) is 13.2 Å². The topological polar surface area (TPSA) is 49.8 Å². The highest BCUT2D eigenvalue weighted by Gasteiger charge is 2.15. The largest absolute Gasteiger partial charge is 0.496 e. The lowest BCUT2D eigenvalue weighted by molar-refractivity contribution is 0.0784. The molecule has 0 saturated heterocycles. The highest BCUT2D eigenvalue weighted by molar-refractivity contribution is 7.98. The van der Waals surface area contributed by atoms with Crippen LogP contribution < -0.4 is 4.74 Å². The second-order valence-corrected chi connectivity index (χ2v) is 6.16. The molecule has 0 aliphatic rings. The number of aliphatic hydroxyl groups excluding tert-OH is 1. The van der Waals surface area contributed by atoms with Gasteiger partial charge in [0.25, 0.3) is 5.91 Å². The molecule has 2 aromatic rings. The predicted octanol–water partition coefficient (Wildman–Crippen LogP) is 3.32. The Morgan fingerprint density at radius 2 is 2.04 bits per heavy atom. The van der Waals surface area contributed by atoms with Crippen molar-refractivity contribution < 1.29 is 19.0 Å². The zero-order valence-electron chi connectivity index (χ0n) is 13.9. The molecular weight excluding hydrogens is 329 g/mol. The lowest BCUT2D eigenvalue weighted by Gasteiger charge is -2.18. The number of aliphatic hydroxyl groups is 1. The second kappa shape index (κ2) is 8.17. The Kier molecular flexibility index (Phi) is 6.23. The predicted molar refractivity (Wildman–Crippen MR) is 92.9 cm³/mol. The number of hydrogen-bond acceptors (Lipinski definition) is 4. The third-order valence-corrected chi connectivity index (χ3v) is 4.46. The van der Waals surface area contributed by atoms with E-state index < -0.39 is 12.4 Å². The standard InChI is InChI=1S/C18H20FNO3S/c1-20(10-12-4-7-17(24-3)16(8-12)23-2)18(22)13-5-6-14(11-21)15(19)9-13/h4-9,21H,10-11H2,1-3H3. The van der Waals surface area contributed by atoms with E-state index in [1.54, 1.807) is 25.9 Å². The van der Waals surface area contributed by atoms with Crippen LogP contribution in [0.4, 0.5) is 4.39 Å². The first kappa shape index (κ1) is 18.3. The average Bonchev–Trinajstić information content (AvgIpc) is 2.60. The summed E-state index contributed by atoms with van der Waals surface area (Å²) in [5.74, 6) is -0.103. The first-order valence-corrected chi connectivity index (χ1v) is 8.58. The number of ether oxygens (including phenoxy) is 1. The quantitative estimate of drug-likeness (QED) is 0.813.